The smallest absolute Gasteiger partial charge is 0.313 e. The van der Waals surface area contributed by atoms with E-state index in [1.54, 1.807) is 31.5 Å². The number of aliphatic hydroxyl groups excluding tert-OH is 1. The molecule has 3 rings (SSSR count). The van der Waals surface area contributed by atoms with Crippen molar-refractivity contribution in [2.45, 2.75) is 25.5 Å². The molecule has 6 nitrogen and oxygen atoms in total. The van der Waals surface area contributed by atoms with Crippen LogP contribution in [-0.2, 0) is 17.8 Å². The van der Waals surface area contributed by atoms with Gasteiger partial charge >= 0.3 is 5.97 Å². The summed E-state index contributed by atoms with van der Waals surface area (Å²) >= 11 is 0. The second kappa shape index (κ2) is 8.02. The van der Waals surface area contributed by atoms with E-state index in [0.29, 0.717) is 30.8 Å². The first kappa shape index (κ1) is 19.3. The van der Waals surface area contributed by atoms with E-state index in [4.69, 9.17) is 4.74 Å². The van der Waals surface area contributed by atoms with Crippen LogP contribution in [0.4, 0.5) is 4.39 Å². The highest BCUT2D eigenvalue weighted by molar-refractivity contribution is 5.76. The van der Waals surface area contributed by atoms with Crippen LogP contribution in [0.25, 0.3) is 0 Å². The molecule has 1 aromatic carbocycles. The van der Waals surface area contributed by atoms with Gasteiger partial charge in [0, 0.05) is 25.8 Å². The van der Waals surface area contributed by atoms with Gasteiger partial charge in [-0.3, -0.25) is 14.7 Å². The summed E-state index contributed by atoms with van der Waals surface area (Å²) in [5, 5.41) is 20.5. The number of carbonyl (C=O) groups is 1. The van der Waals surface area contributed by atoms with Crippen molar-refractivity contribution in [1.82, 2.24) is 9.88 Å². The van der Waals surface area contributed by atoms with Gasteiger partial charge in [0.25, 0.3) is 0 Å². The summed E-state index contributed by atoms with van der Waals surface area (Å²) < 4.78 is 18.5. The molecule has 1 aliphatic rings. The molecule has 1 fully saturated rings. The fourth-order valence-corrected chi connectivity index (χ4v) is 3.67. The van der Waals surface area contributed by atoms with Gasteiger partial charge in [0.2, 0.25) is 0 Å². The largest absolute Gasteiger partial charge is 0.495 e. The molecule has 0 amide bonds. The predicted molar refractivity (Wildman–Crippen MR) is 96.9 cm³/mol. The van der Waals surface area contributed by atoms with Crippen LogP contribution in [0.3, 0.4) is 0 Å². The van der Waals surface area contributed by atoms with Crippen molar-refractivity contribution in [3.8, 4) is 5.75 Å². The summed E-state index contributed by atoms with van der Waals surface area (Å²) in [7, 11) is 1.57. The van der Waals surface area contributed by atoms with E-state index in [1.807, 2.05) is 11.0 Å². The average molecular weight is 374 g/mol. The Bertz CT molecular complexity index is 799. The molecule has 1 aromatic heterocycles. The molecule has 0 radical (unpaired) electrons. The number of hydrogen-bond donors (Lipinski definition) is 2. The van der Waals surface area contributed by atoms with Crippen molar-refractivity contribution in [1.29, 1.82) is 0 Å². The molecule has 144 valence electrons. The van der Waals surface area contributed by atoms with Gasteiger partial charge in [0.1, 0.15) is 17.0 Å². The van der Waals surface area contributed by atoms with E-state index >= 15 is 0 Å². The summed E-state index contributed by atoms with van der Waals surface area (Å²) in [6, 6.07) is 9.32. The number of methoxy groups -OCH3 is 1. The van der Waals surface area contributed by atoms with Crippen LogP contribution in [0, 0.1) is 11.2 Å². The molecule has 0 unspecified atom stereocenters. The zero-order valence-electron chi connectivity index (χ0n) is 15.1. The first-order chi connectivity index (χ1) is 12.9. The Morgan fingerprint density at radius 3 is 2.78 bits per heavy atom. The normalized spacial score (nSPS) is 23.1. The molecule has 2 heterocycles. The van der Waals surface area contributed by atoms with Gasteiger partial charge in [-0.15, -0.1) is 0 Å². The van der Waals surface area contributed by atoms with Gasteiger partial charge in [-0.2, -0.15) is 0 Å². The Kier molecular flexibility index (Phi) is 5.72. The number of likely N-dealkylation sites (tertiary alicyclic amines) is 1. The van der Waals surface area contributed by atoms with E-state index in [9.17, 15) is 19.4 Å². The lowest BCUT2D eigenvalue weighted by Crippen LogP contribution is -2.56. The van der Waals surface area contributed by atoms with Gasteiger partial charge in [0.15, 0.2) is 0 Å². The number of halogens is 1. The topological polar surface area (TPSA) is 82.9 Å². The van der Waals surface area contributed by atoms with Crippen LogP contribution >= 0.6 is 0 Å². The Morgan fingerprint density at radius 1 is 1.37 bits per heavy atom. The van der Waals surface area contributed by atoms with Gasteiger partial charge in [0.05, 0.1) is 18.9 Å². The number of aromatic nitrogens is 1. The lowest BCUT2D eigenvalue weighted by molar-refractivity contribution is -0.163. The molecule has 0 aliphatic carbocycles. The summed E-state index contributed by atoms with van der Waals surface area (Å²) in [6.07, 6.45) is 1.14. The molecule has 1 aliphatic heterocycles. The molecule has 0 spiro atoms. The zero-order valence-corrected chi connectivity index (χ0v) is 15.1. The third-order valence-corrected chi connectivity index (χ3v) is 5.16. The lowest BCUT2D eigenvalue weighted by atomic mass is 9.73. The van der Waals surface area contributed by atoms with Crippen LogP contribution in [-0.4, -0.2) is 52.4 Å². The van der Waals surface area contributed by atoms with E-state index in [1.165, 1.54) is 12.1 Å². The average Bonchev–Trinajstić information content (AvgIpc) is 2.66. The van der Waals surface area contributed by atoms with E-state index in [0.717, 1.165) is 5.69 Å². The van der Waals surface area contributed by atoms with Gasteiger partial charge in [-0.1, -0.05) is 12.1 Å². The number of carboxylic acids is 1. The second-order valence-corrected chi connectivity index (χ2v) is 6.93. The number of benzene rings is 1. The monoisotopic (exact) mass is 374 g/mol. The number of aliphatic carboxylic acids is 1. The van der Waals surface area contributed by atoms with Crippen LogP contribution in [0.2, 0.25) is 0 Å². The highest BCUT2D eigenvalue weighted by Crippen LogP contribution is 2.35. The first-order valence-corrected chi connectivity index (χ1v) is 8.81. The summed E-state index contributed by atoms with van der Waals surface area (Å²) in [4.78, 5) is 18.5. The number of ether oxygens (including phenoxy) is 1. The third kappa shape index (κ3) is 4.09. The lowest BCUT2D eigenvalue weighted by Gasteiger charge is -2.43. The minimum absolute atomic E-state index is 0.125. The molecule has 0 saturated carbocycles. The fraction of sp³-hybridized carbons (Fsp3) is 0.400. The van der Waals surface area contributed by atoms with Crippen LogP contribution in [0.15, 0.2) is 42.6 Å². The maximum atomic E-state index is 13.2. The number of piperidine rings is 1. The highest BCUT2D eigenvalue weighted by Gasteiger charge is 2.49. The molecule has 2 N–H and O–H groups in total. The van der Waals surface area contributed by atoms with Gasteiger partial charge in [-0.05, 0) is 42.7 Å². The van der Waals surface area contributed by atoms with Crippen molar-refractivity contribution in [3.05, 3.63) is 59.7 Å². The zero-order chi connectivity index (χ0) is 19.4. The molecular weight excluding hydrogens is 351 g/mol. The molecule has 2 atom stereocenters. The Labute approximate surface area is 157 Å². The highest BCUT2D eigenvalue weighted by atomic mass is 19.1. The van der Waals surface area contributed by atoms with Crippen molar-refractivity contribution in [3.63, 3.8) is 0 Å². The van der Waals surface area contributed by atoms with Crippen LogP contribution in [0.5, 0.6) is 5.75 Å². The molecule has 0 bridgehead atoms. The van der Waals surface area contributed by atoms with E-state index in [-0.39, 0.29) is 18.8 Å². The van der Waals surface area contributed by atoms with Gasteiger partial charge in [-0.25, -0.2) is 4.39 Å². The molecule has 27 heavy (non-hydrogen) atoms. The van der Waals surface area contributed by atoms with E-state index < -0.39 is 17.5 Å². The molecular formula is C20H23FN2O4. The number of nitrogens with zero attached hydrogens (tertiary/aromatic N) is 2. The van der Waals surface area contributed by atoms with Crippen molar-refractivity contribution in [2.24, 2.45) is 5.41 Å². The molecule has 1 saturated heterocycles. The van der Waals surface area contributed by atoms with Crippen molar-refractivity contribution >= 4 is 5.97 Å². The fourth-order valence-electron chi connectivity index (χ4n) is 3.67. The van der Waals surface area contributed by atoms with Crippen molar-refractivity contribution in [2.75, 3.05) is 20.2 Å². The summed E-state index contributed by atoms with van der Waals surface area (Å²) in [5.74, 6) is -0.795. The molecule has 7 heteroatoms. The van der Waals surface area contributed by atoms with Crippen LogP contribution < -0.4 is 4.74 Å². The van der Waals surface area contributed by atoms with Gasteiger partial charge < -0.3 is 14.9 Å². The Balaban J connectivity index is 1.84. The summed E-state index contributed by atoms with van der Waals surface area (Å²) in [6.45, 7) is 1.15. The van der Waals surface area contributed by atoms with E-state index in [2.05, 4.69) is 4.98 Å². The quantitative estimate of drug-likeness (QED) is 0.806. The predicted octanol–water partition coefficient (Wildman–Crippen LogP) is 2.11. The summed E-state index contributed by atoms with van der Waals surface area (Å²) in [5.41, 5.74) is 0.0329. The first-order valence-electron chi connectivity index (χ1n) is 8.81. The Hall–Kier alpha value is -2.51. The number of hydrogen-bond acceptors (Lipinski definition) is 5. The van der Waals surface area contributed by atoms with Crippen LogP contribution in [0.1, 0.15) is 17.7 Å². The second-order valence-electron chi connectivity index (χ2n) is 6.93. The SMILES string of the molecule is COc1cccnc1CN1CC[C@H](O)[C@](Cc2ccc(F)cc2)(C(=O)O)C1. The maximum Gasteiger partial charge on any atom is 0.313 e. The number of pyridine rings is 1. The Morgan fingerprint density at radius 2 is 2.11 bits per heavy atom. The minimum Gasteiger partial charge on any atom is -0.495 e. The maximum absolute atomic E-state index is 13.2. The molecule has 2 aromatic rings. The standard InChI is InChI=1S/C20H23FN2O4/c1-27-17-3-2-9-22-16(17)12-23-10-8-18(24)20(13-23,19(25)26)11-14-4-6-15(21)7-5-14/h2-7,9,18,24H,8,10-13H2,1H3,(H,25,26)/t18-,20+/m0/s1. The number of aliphatic hydroxyl groups is 1. The van der Waals surface area contributed by atoms with Crippen molar-refractivity contribution < 1.29 is 24.1 Å². The number of carboxylic acid groups (broad SMARTS) is 1. The number of rotatable bonds is 6. The minimum atomic E-state index is -1.36. The third-order valence-electron chi connectivity index (χ3n) is 5.16.